The smallest absolute Gasteiger partial charge is 0.402 e. The summed E-state index contributed by atoms with van der Waals surface area (Å²) in [7, 11) is 0. The molecule has 2 aromatic rings. The van der Waals surface area contributed by atoms with Crippen molar-refractivity contribution in [3.8, 4) is 0 Å². The largest absolute Gasteiger partial charge is 0.463 e. The van der Waals surface area contributed by atoms with Crippen LogP contribution < -0.4 is 10.5 Å². The maximum atomic E-state index is 11.9. The van der Waals surface area contributed by atoms with Gasteiger partial charge in [-0.2, -0.15) is 0 Å². The van der Waals surface area contributed by atoms with Gasteiger partial charge >= 0.3 is 13.0 Å². The number of rotatable bonds is 4. The van der Waals surface area contributed by atoms with Crippen LogP contribution in [0.4, 0.5) is 11.4 Å². The molecule has 0 atom stereocenters. The Kier molecular flexibility index (Phi) is 3.48. The number of nitrogens with one attached hydrogen (secondary N) is 2. The number of anilines is 2. The van der Waals surface area contributed by atoms with E-state index in [-0.39, 0.29) is 13.0 Å². The number of ether oxygens (including phenoxy) is 1. The summed E-state index contributed by atoms with van der Waals surface area (Å²) >= 11 is 0. The molecule has 2 N–H and O–H groups in total. The van der Waals surface area contributed by atoms with E-state index >= 15 is 0 Å². The first-order valence-electron chi connectivity index (χ1n) is 8.19. The molecule has 0 bridgehead atoms. The fourth-order valence-electron chi connectivity index (χ4n) is 3.27. The van der Waals surface area contributed by atoms with Crippen molar-refractivity contribution in [2.45, 2.75) is 19.8 Å². The highest BCUT2D eigenvalue weighted by Crippen LogP contribution is 2.41. The van der Waals surface area contributed by atoms with Crippen molar-refractivity contribution in [3.05, 3.63) is 47.9 Å². The van der Waals surface area contributed by atoms with Crippen LogP contribution in [0, 0.1) is 5.92 Å². The second-order valence-electron chi connectivity index (χ2n) is 6.10. The Bertz CT molecular complexity index is 758. The Hall–Kier alpha value is -2.43. The summed E-state index contributed by atoms with van der Waals surface area (Å²) in [5, 5.41) is 9.50. The SMILES string of the molecule is CCOC(=O)/C=C(/B1Nc2cccc3cccc(c23)N1)C1CC1. The molecule has 4 nitrogen and oxygen atoms in total. The molecule has 23 heavy (non-hydrogen) atoms. The van der Waals surface area contributed by atoms with Gasteiger partial charge in [0.1, 0.15) is 0 Å². The molecule has 1 fully saturated rings. The standard InChI is InChI=1S/C18H19BN2O2/c1-2-23-17(22)11-14(12-9-10-12)19-20-15-7-3-5-13-6-4-8-16(21-19)18(13)15/h3-8,11-12,20-21H,2,9-10H2,1H3/b14-11+. The van der Waals surface area contributed by atoms with Crippen LogP contribution >= 0.6 is 0 Å². The van der Waals surface area contributed by atoms with Gasteiger partial charge in [-0.15, -0.1) is 0 Å². The molecule has 1 heterocycles. The van der Waals surface area contributed by atoms with Gasteiger partial charge in [0.2, 0.25) is 0 Å². The van der Waals surface area contributed by atoms with Gasteiger partial charge in [-0.25, -0.2) is 4.79 Å². The van der Waals surface area contributed by atoms with Crippen LogP contribution in [-0.4, -0.2) is 19.6 Å². The number of allylic oxidation sites excluding steroid dienone is 1. The summed E-state index contributed by atoms with van der Waals surface area (Å²) in [6.45, 7) is 2.17. The molecule has 0 amide bonds. The summed E-state index contributed by atoms with van der Waals surface area (Å²) in [4.78, 5) is 11.9. The van der Waals surface area contributed by atoms with Crippen molar-refractivity contribution < 1.29 is 9.53 Å². The molecule has 0 radical (unpaired) electrons. The zero-order valence-corrected chi connectivity index (χ0v) is 13.1. The molecule has 4 rings (SSSR count). The molecule has 0 spiro atoms. The highest BCUT2D eigenvalue weighted by Gasteiger charge is 2.37. The number of esters is 1. The average molecular weight is 306 g/mol. The molecule has 5 heteroatoms. The lowest BCUT2D eigenvalue weighted by molar-refractivity contribution is -0.137. The Balaban J connectivity index is 1.70. The maximum absolute atomic E-state index is 11.9. The van der Waals surface area contributed by atoms with E-state index < -0.39 is 0 Å². The van der Waals surface area contributed by atoms with Crippen molar-refractivity contribution in [1.29, 1.82) is 0 Å². The van der Waals surface area contributed by atoms with Crippen molar-refractivity contribution in [2.75, 3.05) is 17.1 Å². The predicted molar refractivity (Wildman–Crippen MR) is 94.4 cm³/mol. The third kappa shape index (κ3) is 2.67. The number of hydrogen-bond acceptors (Lipinski definition) is 4. The molecule has 1 aliphatic carbocycles. The van der Waals surface area contributed by atoms with Gasteiger partial charge in [0.05, 0.1) is 6.61 Å². The van der Waals surface area contributed by atoms with Crippen LogP contribution in [0.25, 0.3) is 10.8 Å². The first-order chi connectivity index (χ1) is 11.3. The Labute approximate surface area is 136 Å². The van der Waals surface area contributed by atoms with E-state index in [2.05, 4.69) is 46.9 Å². The first-order valence-corrected chi connectivity index (χ1v) is 8.19. The lowest BCUT2D eigenvalue weighted by atomic mass is 9.63. The van der Waals surface area contributed by atoms with Gasteiger partial charge in [0.25, 0.3) is 0 Å². The van der Waals surface area contributed by atoms with Gasteiger partial charge < -0.3 is 15.2 Å². The monoisotopic (exact) mass is 306 g/mol. The van der Waals surface area contributed by atoms with Crippen LogP contribution in [0.15, 0.2) is 47.9 Å². The van der Waals surface area contributed by atoms with E-state index in [1.54, 1.807) is 6.08 Å². The normalized spacial score (nSPS) is 16.7. The lowest BCUT2D eigenvalue weighted by Gasteiger charge is -2.28. The van der Waals surface area contributed by atoms with Gasteiger partial charge in [0.15, 0.2) is 0 Å². The Morgan fingerprint density at radius 1 is 1.22 bits per heavy atom. The van der Waals surface area contributed by atoms with Crippen LogP contribution in [-0.2, 0) is 9.53 Å². The summed E-state index contributed by atoms with van der Waals surface area (Å²) in [5.74, 6) is 0.212. The molecule has 116 valence electrons. The van der Waals surface area contributed by atoms with Crippen molar-refractivity contribution in [3.63, 3.8) is 0 Å². The molecule has 1 saturated carbocycles. The van der Waals surface area contributed by atoms with E-state index in [0.717, 1.165) is 29.7 Å². The minimum absolute atomic E-state index is 0.0626. The highest BCUT2D eigenvalue weighted by atomic mass is 16.5. The third-order valence-electron chi connectivity index (χ3n) is 4.46. The minimum Gasteiger partial charge on any atom is -0.463 e. The molecular weight excluding hydrogens is 287 g/mol. The van der Waals surface area contributed by atoms with Gasteiger partial charge in [-0.3, -0.25) is 0 Å². The highest BCUT2D eigenvalue weighted by molar-refractivity contribution is 6.75. The van der Waals surface area contributed by atoms with E-state index in [1.807, 2.05) is 6.92 Å². The van der Waals surface area contributed by atoms with Crippen LogP contribution in [0.1, 0.15) is 19.8 Å². The quantitative estimate of drug-likeness (QED) is 0.515. The van der Waals surface area contributed by atoms with Crippen LogP contribution in [0.2, 0.25) is 0 Å². The van der Waals surface area contributed by atoms with E-state index in [4.69, 9.17) is 4.74 Å². The van der Waals surface area contributed by atoms with E-state index in [1.165, 1.54) is 10.8 Å². The average Bonchev–Trinajstić information content (AvgIpc) is 3.38. The molecule has 0 aromatic heterocycles. The van der Waals surface area contributed by atoms with Gasteiger partial charge in [-0.1, -0.05) is 24.3 Å². The summed E-state index contributed by atoms with van der Waals surface area (Å²) in [6, 6.07) is 12.5. The van der Waals surface area contributed by atoms with Crippen molar-refractivity contribution >= 4 is 35.1 Å². The van der Waals surface area contributed by atoms with Crippen molar-refractivity contribution in [2.24, 2.45) is 5.92 Å². The zero-order chi connectivity index (χ0) is 15.8. The van der Waals surface area contributed by atoms with Crippen LogP contribution in [0.3, 0.4) is 0 Å². The second kappa shape index (κ2) is 5.65. The minimum atomic E-state index is -0.255. The third-order valence-corrected chi connectivity index (χ3v) is 4.46. The van der Waals surface area contributed by atoms with Crippen LogP contribution in [0.5, 0.6) is 0 Å². The summed E-state index contributed by atoms with van der Waals surface area (Å²) in [6.07, 6.45) is 3.94. The fourth-order valence-corrected chi connectivity index (χ4v) is 3.27. The number of carbonyl (C=O) groups excluding carboxylic acids is 1. The molecule has 0 unspecified atom stereocenters. The number of benzene rings is 2. The van der Waals surface area contributed by atoms with Gasteiger partial charge in [-0.05, 0) is 48.7 Å². The molecule has 2 aromatic carbocycles. The lowest BCUT2D eigenvalue weighted by Crippen LogP contribution is -2.40. The van der Waals surface area contributed by atoms with Gasteiger partial charge in [0, 0.05) is 22.8 Å². The number of hydrogen-bond donors (Lipinski definition) is 2. The molecular formula is C18H19BN2O2. The first kappa shape index (κ1) is 14.2. The maximum Gasteiger partial charge on any atom is 0.402 e. The Morgan fingerprint density at radius 3 is 2.43 bits per heavy atom. The molecule has 0 saturated heterocycles. The van der Waals surface area contributed by atoms with E-state index in [9.17, 15) is 4.79 Å². The summed E-state index contributed by atoms with van der Waals surface area (Å²) < 4.78 is 5.10. The second-order valence-corrected chi connectivity index (χ2v) is 6.10. The zero-order valence-electron chi connectivity index (χ0n) is 13.1. The molecule has 2 aliphatic rings. The number of carbonyl (C=O) groups is 1. The molecule has 1 aliphatic heterocycles. The predicted octanol–water partition coefficient (Wildman–Crippen LogP) is 3.60. The van der Waals surface area contributed by atoms with Crippen molar-refractivity contribution in [1.82, 2.24) is 0 Å². The Morgan fingerprint density at radius 2 is 1.87 bits per heavy atom. The summed E-state index contributed by atoms with van der Waals surface area (Å²) in [5.41, 5.74) is 3.31. The fraction of sp³-hybridized carbons (Fsp3) is 0.278. The van der Waals surface area contributed by atoms with E-state index in [0.29, 0.717) is 12.5 Å². The topological polar surface area (TPSA) is 50.4 Å².